The number of hydrogen-bond donors (Lipinski definition) is 2. The van der Waals surface area contributed by atoms with Gasteiger partial charge in [0.15, 0.2) is 0 Å². The van der Waals surface area contributed by atoms with Crippen LogP contribution in [0.25, 0.3) is 0 Å². The Morgan fingerprint density at radius 1 is 1.25 bits per heavy atom. The fraction of sp³-hybridized carbons (Fsp3) is 0.533. The van der Waals surface area contributed by atoms with E-state index in [2.05, 4.69) is 22.4 Å². The van der Waals surface area contributed by atoms with Crippen molar-refractivity contribution in [3.8, 4) is 0 Å². The van der Waals surface area contributed by atoms with Crippen LogP contribution in [0, 0.1) is 0 Å². The molecule has 1 aromatic carbocycles. The first kappa shape index (κ1) is 15.0. The number of likely N-dealkylation sites (N-methyl/N-ethyl adjacent to an activating group) is 1. The molecule has 0 aromatic heterocycles. The van der Waals surface area contributed by atoms with E-state index < -0.39 is 5.97 Å². The Balaban J connectivity index is 1.91. The average Bonchev–Trinajstić information content (AvgIpc) is 2.42. The van der Waals surface area contributed by atoms with Gasteiger partial charge in [0.1, 0.15) is 0 Å². The van der Waals surface area contributed by atoms with Gasteiger partial charge in [-0.1, -0.05) is 30.3 Å². The summed E-state index contributed by atoms with van der Waals surface area (Å²) < 4.78 is 0. The van der Waals surface area contributed by atoms with Gasteiger partial charge in [-0.25, -0.2) is 5.01 Å². The van der Waals surface area contributed by atoms with Crippen molar-refractivity contribution in [1.82, 2.24) is 15.3 Å². The summed E-state index contributed by atoms with van der Waals surface area (Å²) in [6, 6.07) is 9.98. The third-order valence-corrected chi connectivity index (χ3v) is 3.61. The number of benzene rings is 1. The molecule has 20 heavy (non-hydrogen) atoms. The summed E-state index contributed by atoms with van der Waals surface area (Å²) >= 11 is 0. The van der Waals surface area contributed by atoms with Gasteiger partial charge < -0.3 is 10.0 Å². The first-order valence-electron chi connectivity index (χ1n) is 7.09. The largest absolute Gasteiger partial charge is 0.481 e. The Labute approximate surface area is 120 Å². The Morgan fingerprint density at radius 3 is 2.50 bits per heavy atom. The van der Waals surface area contributed by atoms with Gasteiger partial charge in [-0.2, -0.15) is 0 Å². The Kier molecular flexibility index (Phi) is 5.52. The molecule has 1 saturated heterocycles. The zero-order valence-electron chi connectivity index (χ0n) is 12.0. The maximum atomic E-state index is 11.0. The molecule has 2 N–H and O–H groups in total. The van der Waals surface area contributed by atoms with Crippen LogP contribution in [0.4, 0.5) is 0 Å². The van der Waals surface area contributed by atoms with Gasteiger partial charge in [-0.3, -0.25) is 10.2 Å². The minimum Gasteiger partial charge on any atom is -0.481 e. The fourth-order valence-electron chi connectivity index (χ4n) is 2.47. The Bertz CT molecular complexity index is 416. The lowest BCUT2D eigenvalue weighted by molar-refractivity contribution is -0.138. The standard InChI is InChI=1S/C15H23N3O2/c1-17-7-9-18(10-8-17)16-14(12-15(19)20)11-13-5-3-2-4-6-13/h2-6,14,16H,7-12H2,1H3,(H,19,20). The Morgan fingerprint density at radius 2 is 1.90 bits per heavy atom. The molecule has 0 amide bonds. The number of hydrazine groups is 1. The molecule has 0 saturated carbocycles. The van der Waals surface area contributed by atoms with E-state index in [1.54, 1.807) is 0 Å². The summed E-state index contributed by atoms with van der Waals surface area (Å²) in [6.45, 7) is 3.89. The van der Waals surface area contributed by atoms with Gasteiger partial charge in [0, 0.05) is 32.2 Å². The highest BCUT2D eigenvalue weighted by atomic mass is 16.4. The monoisotopic (exact) mass is 277 g/mol. The first-order chi connectivity index (χ1) is 9.63. The SMILES string of the molecule is CN1CCN(NC(CC(=O)O)Cc2ccccc2)CC1. The van der Waals surface area contributed by atoms with Gasteiger partial charge in [0.05, 0.1) is 6.42 Å². The van der Waals surface area contributed by atoms with Crippen molar-refractivity contribution < 1.29 is 9.90 Å². The summed E-state index contributed by atoms with van der Waals surface area (Å²) in [5, 5.41) is 11.2. The lowest BCUT2D eigenvalue weighted by Gasteiger charge is -2.35. The van der Waals surface area contributed by atoms with Gasteiger partial charge in [0.25, 0.3) is 0 Å². The predicted octanol–water partition coefficient (Wildman–Crippen LogP) is 0.824. The van der Waals surface area contributed by atoms with E-state index in [0.717, 1.165) is 32.6 Å². The van der Waals surface area contributed by atoms with E-state index >= 15 is 0 Å². The van der Waals surface area contributed by atoms with Gasteiger partial charge >= 0.3 is 5.97 Å². The molecule has 110 valence electrons. The predicted molar refractivity (Wildman–Crippen MR) is 78.4 cm³/mol. The molecule has 0 spiro atoms. The highest BCUT2D eigenvalue weighted by Gasteiger charge is 2.19. The number of rotatable bonds is 6. The number of carboxylic acids is 1. The van der Waals surface area contributed by atoms with Crippen LogP contribution in [0.1, 0.15) is 12.0 Å². The average molecular weight is 277 g/mol. The molecule has 1 aromatic rings. The molecule has 5 nitrogen and oxygen atoms in total. The van der Waals surface area contributed by atoms with Crippen LogP contribution >= 0.6 is 0 Å². The third-order valence-electron chi connectivity index (χ3n) is 3.61. The van der Waals surface area contributed by atoms with Crippen LogP contribution in [0.5, 0.6) is 0 Å². The Hall–Kier alpha value is -1.43. The molecule has 1 aliphatic heterocycles. The molecule has 1 fully saturated rings. The smallest absolute Gasteiger partial charge is 0.304 e. The van der Waals surface area contributed by atoms with E-state index in [1.807, 2.05) is 30.3 Å². The van der Waals surface area contributed by atoms with E-state index in [1.165, 1.54) is 5.56 Å². The van der Waals surface area contributed by atoms with E-state index in [9.17, 15) is 4.79 Å². The van der Waals surface area contributed by atoms with Crippen molar-refractivity contribution in [2.24, 2.45) is 0 Å². The second kappa shape index (κ2) is 7.38. The van der Waals surface area contributed by atoms with Crippen molar-refractivity contribution >= 4 is 5.97 Å². The molecule has 1 atom stereocenters. The van der Waals surface area contributed by atoms with Gasteiger partial charge in [-0.15, -0.1) is 0 Å². The molecule has 0 bridgehead atoms. The number of piperazine rings is 1. The van der Waals surface area contributed by atoms with Crippen LogP contribution in [-0.4, -0.2) is 60.3 Å². The van der Waals surface area contributed by atoms with Crippen LogP contribution in [0.2, 0.25) is 0 Å². The summed E-state index contributed by atoms with van der Waals surface area (Å²) in [5.74, 6) is -0.757. The zero-order chi connectivity index (χ0) is 14.4. The maximum absolute atomic E-state index is 11.0. The number of nitrogens with one attached hydrogen (secondary N) is 1. The van der Waals surface area contributed by atoms with Crippen LogP contribution < -0.4 is 5.43 Å². The highest BCUT2D eigenvalue weighted by molar-refractivity contribution is 5.67. The topological polar surface area (TPSA) is 55.8 Å². The minimum absolute atomic E-state index is 0.0571. The van der Waals surface area contributed by atoms with Crippen molar-refractivity contribution in [2.45, 2.75) is 18.9 Å². The lowest BCUT2D eigenvalue weighted by Crippen LogP contribution is -2.54. The minimum atomic E-state index is -0.757. The molecule has 2 rings (SSSR count). The quantitative estimate of drug-likeness (QED) is 0.806. The zero-order valence-corrected chi connectivity index (χ0v) is 12.0. The molecule has 1 heterocycles. The second-order valence-electron chi connectivity index (χ2n) is 5.40. The normalized spacial score (nSPS) is 18.9. The summed E-state index contributed by atoms with van der Waals surface area (Å²) in [6.07, 6.45) is 0.876. The van der Waals surface area contributed by atoms with E-state index in [4.69, 9.17) is 5.11 Å². The molecule has 5 heteroatoms. The molecular formula is C15H23N3O2. The number of carboxylic acid groups (broad SMARTS) is 1. The van der Waals surface area contributed by atoms with Crippen molar-refractivity contribution in [3.63, 3.8) is 0 Å². The maximum Gasteiger partial charge on any atom is 0.304 e. The summed E-state index contributed by atoms with van der Waals surface area (Å²) in [7, 11) is 2.11. The molecular weight excluding hydrogens is 254 g/mol. The van der Waals surface area contributed by atoms with Gasteiger partial charge in [-0.05, 0) is 19.0 Å². The van der Waals surface area contributed by atoms with E-state index in [-0.39, 0.29) is 12.5 Å². The summed E-state index contributed by atoms with van der Waals surface area (Å²) in [5.41, 5.74) is 4.55. The van der Waals surface area contributed by atoms with Crippen molar-refractivity contribution in [3.05, 3.63) is 35.9 Å². The number of nitrogens with zero attached hydrogens (tertiary/aromatic N) is 2. The van der Waals surface area contributed by atoms with Crippen LogP contribution in [-0.2, 0) is 11.2 Å². The van der Waals surface area contributed by atoms with Crippen molar-refractivity contribution in [2.75, 3.05) is 33.2 Å². The first-order valence-corrected chi connectivity index (χ1v) is 7.09. The fourth-order valence-corrected chi connectivity index (χ4v) is 2.47. The number of aliphatic carboxylic acids is 1. The van der Waals surface area contributed by atoms with E-state index in [0.29, 0.717) is 0 Å². The van der Waals surface area contributed by atoms with Crippen molar-refractivity contribution in [1.29, 1.82) is 0 Å². The lowest BCUT2D eigenvalue weighted by atomic mass is 10.0. The summed E-state index contributed by atoms with van der Waals surface area (Å²) in [4.78, 5) is 13.3. The molecule has 1 aliphatic rings. The molecule has 1 unspecified atom stereocenters. The molecule has 0 radical (unpaired) electrons. The number of carbonyl (C=O) groups is 1. The highest BCUT2D eigenvalue weighted by Crippen LogP contribution is 2.08. The van der Waals surface area contributed by atoms with Crippen LogP contribution in [0.15, 0.2) is 30.3 Å². The molecule has 0 aliphatic carbocycles. The van der Waals surface area contributed by atoms with Gasteiger partial charge in [0.2, 0.25) is 0 Å². The third kappa shape index (κ3) is 4.92. The number of hydrogen-bond acceptors (Lipinski definition) is 4. The second-order valence-corrected chi connectivity index (χ2v) is 5.40. The van der Waals surface area contributed by atoms with Crippen LogP contribution in [0.3, 0.4) is 0 Å².